The fraction of sp³-hybridized carbons (Fsp3) is 0.348. The standard InChI is InChI=1S/C9H7.C4H4N.2C4H9.C2H6Si.2ClH.Ti/c1-2-5-9-7-3-6-8(9)4-1;1-2-4-5-3-1;2*1-4(2)3;1-3-2;;;/h1-7H;1-3,5H;2*1-3H3;1-2H3;2*1H;/q4*-1;;;;+4. The summed E-state index contributed by atoms with van der Waals surface area (Å²) in [4.78, 5) is 2.74. The topological polar surface area (TPSA) is 15.8 Å². The van der Waals surface area contributed by atoms with Crippen molar-refractivity contribution in [2.45, 2.75) is 54.6 Å². The van der Waals surface area contributed by atoms with Crippen molar-refractivity contribution in [3.05, 3.63) is 78.8 Å². The average Bonchev–Trinajstić information content (AvgIpc) is 3.22. The van der Waals surface area contributed by atoms with Gasteiger partial charge in [0.15, 0.2) is 0 Å². The van der Waals surface area contributed by atoms with E-state index in [2.05, 4.69) is 108 Å². The molecule has 2 aromatic carbocycles. The number of aromatic amines is 1. The van der Waals surface area contributed by atoms with Gasteiger partial charge in [-0.3, -0.25) is 0 Å². The summed E-state index contributed by atoms with van der Waals surface area (Å²) in [6.45, 7) is 16.8. The first kappa shape index (κ1) is 38.3. The summed E-state index contributed by atoms with van der Waals surface area (Å²) in [7, 11) is 1.08. The second kappa shape index (κ2) is 28.8. The minimum absolute atomic E-state index is 0. The monoisotopic (exact) mass is 473 g/mol. The van der Waals surface area contributed by atoms with Crippen LogP contribution in [-0.2, 0) is 21.7 Å². The van der Waals surface area contributed by atoms with Gasteiger partial charge in [-0.1, -0.05) is 19.2 Å². The summed E-state index contributed by atoms with van der Waals surface area (Å²) in [5, 5.41) is 2.66. The molecule has 0 atom stereocenters. The first-order valence-electron chi connectivity index (χ1n) is 8.57. The molecule has 0 amide bonds. The Labute approximate surface area is 204 Å². The normalized spacial score (nSPS) is 7.93. The predicted octanol–water partition coefficient (Wildman–Crippen LogP) is 8.24. The molecule has 0 saturated carbocycles. The molecule has 2 radical (unpaired) electrons. The second-order valence-electron chi connectivity index (χ2n) is 6.47. The maximum absolute atomic E-state index is 2.74. The van der Waals surface area contributed by atoms with Crippen molar-refractivity contribution in [2.75, 3.05) is 0 Å². The van der Waals surface area contributed by atoms with Crippen LogP contribution in [0.1, 0.15) is 41.5 Å². The van der Waals surface area contributed by atoms with Crippen LogP contribution in [0.2, 0.25) is 13.1 Å². The van der Waals surface area contributed by atoms with Crippen LogP contribution in [0.3, 0.4) is 0 Å². The van der Waals surface area contributed by atoms with Crippen LogP contribution in [-0.4, -0.2) is 14.5 Å². The Morgan fingerprint density at radius 3 is 1.64 bits per heavy atom. The Balaban J connectivity index is -0.0000000823. The van der Waals surface area contributed by atoms with Gasteiger partial charge in [-0.25, -0.2) is 0 Å². The Hall–Kier alpha value is -0.379. The molecule has 0 spiro atoms. The van der Waals surface area contributed by atoms with Gasteiger partial charge in [-0.15, -0.1) is 60.7 Å². The van der Waals surface area contributed by atoms with E-state index in [0.29, 0.717) is 0 Å². The third-order valence-corrected chi connectivity index (χ3v) is 1.99. The molecule has 156 valence electrons. The number of hydrogen-bond donors (Lipinski definition) is 1. The zero-order valence-electron chi connectivity index (χ0n) is 18.6. The molecular formula is C23H37Cl2NSiTi. The van der Waals surface area contributed by atoms with Crippen molar-refractivity contribution < 1.29 is 21.7 Å². The van der Waals surface area contributed by atoms with Crippen LogP contribution < -0.4 is 0 Å². The number of aromatic nitrogens is 1. The van der Waals surface area contributed by atoms with Crippen molar-refractivity contribution in [3.8, 4) is 0 Å². The van der Waals surface area contributed by atoms with E-state index in [1.807, 2.05) is 18.3 Å². The van der Waals surface area contributed by atoms with Gasteiger partial charge < -0.3 is 16.8 Å². The Kier molecular flexibility index (Phi) is 39.4. The molecule has 28 heavy (non-hydrogen) atoms. The molecule has 0 saturated heterocycles. The van der Waals surface area contributed by atoms with E-state index in [4.69, 9.17) is 0 Å². The summed E-state index contributed by atoms with van der Waals surface area (Å²) in [5.41, 5.74) is 0. The first-order chi connectivity index (χ1) is 11.8. The van der Waals surface area contributed by atoms with Crippen LogP contribution in [0.25, 0.3) is 10.8 Å². The number of benzene rings is 1. The van der Waals surface area contributed by atoms with Gasteiger partial charge in [0.1, 0.15) is 0 Å². The maximum atomic E-state index is 2.74. The number of H-pyrrole nitrogens is 1. The molecule has 1 heterocycles. The van der Waals surface area contributed by atoms with Crippen molar-refractivity contribution >= 4 is 45.1 Å². The van der Waals surface area contributed by atoms with E-state index in [9.17, 15) is 0 Å². The molecule has 0 aliphatic rings. The maximum Gasteiger partial charge on any atom is 4.00 e. The average molecular weight is 474 g/mol. The predicted molar refractivity (Wildman–Crippen MR) is 132 cm³/mol. The largest absolute Gasteiger partial charge is 4.00 e. The fourth-order valence-electron chi connectivity index (χ4n) is 1.31. The van der Waals surface area contributed by atoms with Gasteiger partial charge >= 0.3 is 21.7 Å². The van der Waals surface area contributed by atoms with Crippen LogP contribution >= 0.6 is 24.8 Å². The van der Waals surface area contributed by atoms with Crippen LogP contribution in [0, 0.1) is 18.0 Å². The molecule has 0 bridgehead atoms. The number of nitrogens with one attached hydrogen (secondary N) is 1. The molecule has 0 fully saturated rings. The molecule has 0 unspecified atom stereocenters. The number of fused-ring (bicyclic) bond motifs is 1. The van der Waals surface area contributed by atoms with E-state index in [1.165, 1.54) is 22.6 Å². The smallest absolute Gasteiger partial charge is 0.484 e. The van der Waals surface area contributed by atoms with E-state index < -0.39 is 0 Å². The Morgan fingerprint density at radius 2 is 1.32 bits per heavy atom. The summed E-state index contributed by atoms with van der Waals surface area (Å²) in [5.74, 6) is 2.83. The number of halogens is 2. The third kappa shape index (κ3) is 33.2. The van der Waals surface area contributed by atoms with E-state index in [1.54, 1.807) is 0 Å². The SMILES string of the molecule is C[C-](C)C.C[C-](C)C.C[Si]C.Cl.Cl.[Ti+4].[c-]1ccc[nH]1.c1ccc2[cH-]ccc2c1. The van der Waals surface area contributed by atoms with Gasteiger partial charge in [-0.2, -0.15) is 77.4 Å². The minimum Gasteiger partial charge on any atom is -0.484 e. The summed E-state index contributed by atoms with van der Waals surface area (Å²) in [6, 6.07) is 18.4. The van der Waals surface area contributed by atoms with Crippen LogP contribution in [0.4, 0.5) is 0 Å². The van der Waals surface area contributed by atoms with E-state index in [0.717, 1.165) is 9.52 Å². The first-order valence-corrected chi connectivity index (χ1v) is 10.6. The van der Waals surface area contributed by atoms with Gasteiger partial charge in [-0.05, 0) is 0 Å². The molecule has 5 heteroatoms. The quantitative estimate of drug-likeness (QED) is 0.249. The van der Waals surface area contributed by atoms with Gasteiger partial charge in [0.25, 0.3) is 0 Å². The minimum atomic E-state index is 0. The third-order valence-electron chi connectivity index (χ3n) is 1.99. The molecule has 3 aromatic rings. The molecule has 0 aliphatic heterocycles. The second-order valence-corrected chi connectivity index (χ2v) is 7.47. The molecule has 1 nitrogen and oxygen atoms in total. The molecular weight excluding hydrogens is 437 g/mol. The molecule has 1 aromatic heterocycles. The van der Waals surface area contributed by atoms with Crippen molar-refractivity contribution in [1.82, 2.24) is 4.98 Å². The summed E-state index contributed by atoms with van der Waals surface area (Å²) >= 11 is 0. The van der Waals surface area contributed by atoms with Gasteiger partial charge in [0.05, 0.1) is 0 Å². The van der Waals surface area contributed by atoms with Gasteiger partial charge in [0.2, 0.25) is 0 Å². The Morgan fingerprint density at radius 1 is 0.857 bits per heavy atom. The van der Waals surface area contributed by atoms with Crippen molar-refractivity contribution in [3.63, 3.8) is 0 Å². The number of rotatable bonds is 0. The van der Waals surface area contributed by atoms with Crippen molar-refractivity contribution in [2.24, 2.45) is 0 Å². The zero-order chi connectivity index (χ0) is 19.5. The van der Waals surface area contributed by atoms with E-state index >= 15 is 0 Å². The summed E-state index contributed by atoms with van der Waals surface area (Å²) in [6.07, 6.45) is 4.56. The zero-order valence-corrected chi connectivity index (χ0v) is 22.8. The van der Waals surface area contributed by atoms with Gasteiger partial charge in [0, 0.05) is 9.52 Å². The van der Waals surface area contributed by atoms with Crippen LogP contribution in [0.15, 0.2) is 60.8 Å². The molecule has 0 aliphatic carbocycles. The molecule has 1 N–H and O–H groups in total. The summed E-state index contributed by atoms with van der Waals surface area (Å²) < 4.78 is 0. The van der Waals surface area contributed by atoms with Crippen LogP contribution in [0.5, 0.6) is 0 Å². The van der Waals surface area contributed by atoms with E-state index in [-0.39, 0.29) is 46.5 Å². The molecule has 3 rings (SSSR count). The number of hydrogen-bond acceptors (Lipinski definition) is 0. The Bertz CT molecular complexity index is 522. The van der Waals surface area contributed by atoms with Crippen molar-refractivity contribution in [1.29, 1.82) is 0 Å². The fourth-order valence-corrected chi connectivity index (χ4v) is 1.31.